The molecule has 0 aromatic heterocycles. The first-order chi connectivity index (χ1) is 3.79. The lowest BCUT2D eigenvalue weighted by atomic mass is 10.0. The van der Waals surface area contributed by atoms with Crippen molar-refractivity contribution in [2.45, 2.75) is 26.1 Å². The number of hydrogen-bond donors (Lipinski definition) is 1. The average Bonchev–Trinajstić information content (AvgIpc) is 1.77. The van der Waals surface area contributed by atoms with Crippen LogP contribution in [-0.4, -0.2) is 11.4 Å². The minimum Gasteiger partial charge on any atom is -0.368 e. The number of aliphatic hydroxyl groups is 1. The van der Waals surface area contributed by atoms with Crippen LogP contribution in [-0.2, 0) is 4.74 Å². The highest BCUT2D eigenvalue weighted by atomic mass is 16.6. The fraction of sp³-hybridized carbons (Fsp3) is 0.833. The summed E-state index contributed by atoms with van der Waals surface area (Å²) < 4.78 is 4.82. The quantitative estimate of drug-likeness (QED) is 0.508. The molecule has 0 aromatic carbocycles. The summed E-state index contributed by atoms with van der Waals surface area (Å²) in [6.45, 7) is 3.78. The third-order valence-corrected chi connectivity index (χ3v) is 1.34. The monoisotopic (exact) mass is 115 g/mol. The van der Waals surface area contributed by atoms with Crippen LogP contribution < -0.4 is 0 Å². The lowest BCUT2D eigenvalue weighted by Crippen LogP contribution is -2.19. The molecule has 8 heavy (non-hydrogen) atoms. The second kappa shape index (κ2) is 2.46. The van der Waals surface area contributed by atoms with E-state index in [1.807, 2.05) is 0 Å². The molecule has 0 saturated carbocycles. The summed E-state index contributed by atoms with van der Waals surface area (Å²) in [7, 11) is 0. The van der Waals surface area contributed by atoms with Crippen LogP contribution in [0.2, 0.25) is 0 Å². The van der Waals surface area contributed by atoms with E-state index in [9.17, 15) is 0 Å². The maximum atomic E-state index is 8.77. The molecule has 2 nitrogen and oxygen atoms in total. The lowest BCUT2D eigenvalue weighted by molar-refractivity contribution is -0.106. The molecule has 2 heteroatoms. The van der Waals surface area contributed by atoms with E-state index < -0.39 is 6.29 Å². The minimum atomic E-state index is -0.536. The van der Waals surface area contributed by atoms with Gasteiger partial charge >= 0.3 is 0 Å². The molecule has 1 saturated heterocycles. The maximum absolute atomic E-state index is 8.77. The summed E-state index contributed by atoms with van der Waals surface area (Å²) in [4.78, 5) is 0. The summed E-state index contributed by atoms with van der Waals surface area (Å²) in [6.07, 6.45) is 1.28. The highest BCUT2D eigenvalue weighted by Gasteiger charge is 2.15. The third-order valence-electron chi connectivity index (χ3n) is 1.34. The SMILES string of the molecule is CC1[CH]OC(O)CC1. The molecule has 0 aliphatic carbocycles. The van der Waals surface area contributed by atoms with Crippen LogP contribution in [0.4, 0.5) is 0 Å². The van der Waals surface area contributed by atoms with Gasteiger partial charge in [0.05, 0.1) is 6.61 Å². The number of hydrogen-bond acceptors (Lipinski definition) is 2. The van der Waals surface area contributed by atoms with Gasteiger partial charge in [-0.1, -0.05) is 6.92 Å². The van der Waals surface area contributed by atoms with Gasteiger partial charge in [-0.3, -0.25) is 0 Å². The van der Waals surface area contributed by atoms with E-state index in [1.165, 1.54) is 0 Å². The average molecular weight is 115 g/mol. The Morgan fingerprint density at radius 2 is 2.38 bits per heavy atom. The van der Waals surface area contributed by atoms with Crippen molar-refractivity contribution in [2.75, 3.05) is 0 Å². The molecule has 1 heterocycles. The molecule has 47 valence electrons. The van der Waals surface area contributed by atoms with Gasteiger partial charge in [-0.15, -0.1) is 0 Å². The van der Waals surface area contributed by atoms with Crippen LogP contribution in [0.5, 0.6) is 0 Å². The molecule has 2 atom stereocenters. The topological polar surface area (TPSA) is 29.5 Å². The van der Waals surface area contributed by atoms with Gasteiger partial charge in [0.15, 0.2) is 6.29 Å². The fourth-order valence-corrected chi connectivity index (χ4v) is 0.766. The van der Waals surface area contributed by atoms with Crippen molar-refractivity contribution in [3.8, 4) is 0 Å². The normalized spacial score (nSPS) is 39.8. The van der Waals surface area contributed by atoms with E-state index in [-0.39, 0.29) is 0 Å². The molecule has 0 bridgehead atoms. The largest absolute Gasteiger partial charge is 0.368 e. The first-order valence-corrected chi connectivity index (χ1v) is 2.96. The van der Waals surface area contributed by atoms with Gasteiger partial charge in [0.25, 0.3) is 0 Å². The molecule has 1 aliphatic rings. The molecule has 0 aromatic rings. The van der Waals surface area contributed by atoms with E-state index in [0.717, 1.165) is 12.8 Å². The Balaban J connectivity index is 2.19. The zero-order valence-corrected chi connectivity index (χ0v) is 5.00. The summed E-state index contributed by atoms with van der Waals surface area (Å²) >= 11 is 0. The van der Waals surface area contributed by atoms with E-state index in [4.69, 9.17) is 9.84 Å². The van der Waals surface area contributed by atoms with E-state index in [2.05, 4.69) is 6.92 Å². The highest BCUT2D eigenvalue weighted by Crippen LogP contribution is 2.19. The number of aliphatic hydroxyl groups excluding tert-OH is 1. The molecular formula is C6H11O2. The Morgan fingerprint density at radius 1 is 1.62 bits per heavy atom. The second-order valence-corrected chi connectivity index (χ2v) is 2.28. The van der Waals surface area contributed by atoms with Crippen LogP contribution in [0.3, 0.4) is 0 Å². The van der Waals surface area contributed by atoms with Crippen molar-refractivity contribution in [3.05, 3.63) is 6.61 Å². The van der Waals surface area contributed by atoms with Gasteiger partial charge in [-0.2, -0.15) is 0 Å². The first-order valence-electron chi connectivity index (χ1n) is 2.96. The number of rotatable bonds is 0. The van der Waals surface area contributed by atoms with Gasteiger partial charge < -0.3 is 9.84 Å². The van der Waals surface area contributed by atoms with E-state index in [1.54, 1.807) is 6.61 Å². The van der Waals surface area contributed by atoms with Gasteiger partial charge in [-0.05, 0) is 18.8 Å². The van der Waals surface area contributed by atoms with Crippen molar-refractivity contribution in [1.29, 1.82) is 0 Å². The molecule has 1 radical (unpaired) electrons. The standard InChI is InChI=1S/C6H11O2/c1-5-2-3-6(7)8-4-5/h4-7H,2-3H2,1H3. The molecule has 0 amide bonds. The van der Waals surface area contributed by atoms with Crippen LogP contribution in [0.1, 0.15) is 19.8 Å². The zero-order valence-electron chi connectivity index (χ0n) is 5.00. The first kappa shape index (κ1) is 6.05. The zero-order chi connectivity index (χ0) is 5.98. The van der Waals surface area contributed by atoms with Crippen LogP contribution in [0.25, 0.3) is 0 Å². The molecule has 2 unspecified atom stereocenters. The van der Waals surface area contributed by atoms with Gasteiger partial charge in [0.1, 0.15) is 0 Å². The van der Waals surface area contributed by atoms with Crippen molar-refractivity contribution < 1.29 is 9.84 Å². The van der Waals surface area contributed by atoms with E-state index in [0.29, 0.717) is 5.92 Å². The Hall–Kier alpha value is -0.0800. The molecular weight excluding hydrogens is 104 g/mol. The third kappa shape index (κ3) is 1.46. The Labute approximate surface area is 49.5 Å². The van der Waals surface area contributed by atoms with Gasteiger partial charge in [-0.25, -0.2) is 0 Å². The maximum Gasteiger partial charge on any atom is 0.155 e. The van der Waals surface area contributed by atoms with Crippen molar-refractivity contribution in [1.82, 2.24) is 0 Å². The molecule has 1 fully saturated rings. The smallest absolute Gasteiger partial charge is 0.155 e. The Bertz CT molecular complexity index is 54.9. The molecule has 0 spiro atoms. The van der Waals surface area contributed by atoms with Crippen LogP contribution in [0.15, 0.2) is 0 Å². The van der Waals surface area contributed by atoms with Gasteiger partial charge in [0, 0.05) is 0 Å². The number of ether oxygens (including phenoxy) is 1. The van der Waals surface area contributed by atoms with Crippen LogP contribution in [0, 0.1) is 12.5 Å². The van der Waals surface area contributed by atoms with Crippen molar-refractivity contribution in [3.63, 3.8) is 0 Å². The highest BCUT2D eigenvalue weighted by molar-refractivity contribution is 4.68. The molecule has 1 N–H and O–H groups in total. The Morgan fingerprint density at radius 3 is 2.75 bits per heavy atom. The minimum absolute atomic E-state index is 0.512. The van der Waals surface area contributed by atoms with Crippen molar-refractivity contribution in [2.24, 2.45) is 5.92 Å². The molecule has 1 rings (SSSR count). The Kier molecular flexibility index (Phi) is 1.86. The van der Waals surface area contributed by atoms with Crippen molar-refractivity contribution >= 4 is 0 Å². The van der Waals surface area contributed by atoms with Crippen LogP contribution >= 0.6 is 0 Å². The summed E-state index contributed by atoms with van der Waals surface area (Å²) in [6, 6.07) is 0. The summed E-state index contributed by atoms with van der Waals surface area (Å²) in [5, 5.41) is 8.77. The predicted octanol–water partition coefficient (Wildman–Crippen LogP) is 0.913. The lowest BCUT2D eigenvalue weighted by Gasteiger charge is -2.21. The second-order valence-electron chi connectivity index (χ2n) is 2.28. The fourth-order valence-electron chi connectivity index (χ4n) is 0.766. The van der Waals surface area contributed by atoms with E-state index >= 15 is 0 Å². The summed E-state index contributed by atoms with van der Waals surface area (Å²) in [5.74, 6) is 0.512. The summed E-state index contributed by atoms with van der Waals surface area (Å²) in [5.41, 5.74) is 0. The molecule has 1 aliphatic heterocycles. The van der Waals surface area contributed by atoms with Gasteiger partial charge in [0.2, 0.25) is 0 Å². The predicted molar refractivity (Wildman–Crippen MR) is 29.8 cm³/mol.